The summed E-state index contributed by atoms with van der Waals surface area (Å²) in [5, 5.41) is 5.46. The second-order valence-electron chi connectivity index (χ2n) is 9.34. The Kier molecular flexibility index (Phi) is 7.51. The fourth-order valence-corrected chi connectivity index (χ4v) is 4.09. The average Bonchev–Trinajstić information content (AvgIpc) is 3.62. The van der Waals surface area contributed by atoms with Crippen molar-refractivity contribution in [2.24, 2.45) is 5.92 Å². The van der Waals surface area contributed by atoms with Crippen molar-refractivity contribution >= 4 is 23.5 Å². The van der Waals surface area contributed by atoms with Gasteiger partial charge in [0.15, 0.2) is 0 Å². The quantitative estimate of drug-likeness (QED) is 0.488. The maximum Gasteiger partial charge on any atom is 0.573 e. The Bertz CT molecular complexity index is 1160. The number of hydrogen-bond acceptors (Lipinski definition) is 6. The van der Waals surface area contributed by atoms with Crippen molar-refractivity contribution in [3.8, 4) is 5.75 Å². The number of amides is 2. The molecule has 0 bridgehead atoms. The predicted octanol–water partition coefficient (Wildman–Crippen LogP) is 4.58. The first-order chi connectivity index (χ1) is 17.4. The van der Waals surface area contributed by atoms with Gasteiger partial charge in [0, 0.05) is 37.7 Å². The summed E-state index contributed by atoms with van der Waals surface area (Å²) in [6, 6.07) is 4.41. The van der Waals surface area contributed by atoms with Crippen molar-refractivity contribution in [2.75, 3.05) is 18.4 Å². The standard InChI is InChI=1S/C24H26F5N5O3/c1-14-2-5-18(32-19-11-17(7-9-30-19)37-24(27,28)29)33-21(14)22(36)34-13-23(25,26)8-6-16(34)12-31-20(35)10-15-3-4-15/h2,5,7,9,11,15-16H,3-4,6,8,10,12-13H2,1H3,(H,31,35)(H,30,32,33)/t16-/m1/s1. The third kappa shape index (κ3) is 7.49. The minimum absolute atomic E-state index is 0.00928. The molecule has 1 saturated heterocycles. The number of anilines is 2. The zero-order valence-corrected chi connectivity index (χ0v) is 19.9. The van der Waals surface area contributed by atoms with Crippen LogP contribution in [0.1, 0.15) is 48.2 Å². The molecule has 0 radical (unpaired) electrons. The van der Waals surface area contributed by atoms with Crippen LogP contribution in [0.15, 0.2) is 30.5 Å². The summed E-state index contributed by atoms with van der Waals surface area (Å²) in [6.45, 7) is 0.834. The first kappa shape index (κ1) is 26.6. The number of piperidine rings is 1. The van der Waals surface area contributed by atoms with Gasteiger partial charge in [0.25, 0.3) is 11.8 Å². The van der Waals surface area contributed by atoms with Gasteiger partial charge in [-0.2, -0.15) is 0 Å². The predicted molar refractivity (Wildman–Crippen MR) is 123 cm³/mol. The third-order valence-corrected chi connectivity index (χ3v) is 6.17. The summed E-state index contributed by atoms with van der Waals surface area (Å²) >= 11 is 0. The molecule has 1 aliphatic carbocycles. The number of carbonyl (C=O) groups is 2. The molecule has 0 aromatic carbocycles. The van der Waals surface area contributed by atoms with Crippen LogP contribution in [0.2, 0.25) is 0 Å². The monoisotopic (exact) mass is 527 g/mol. The number of aryl methyl sites for hydroxylation is 1. The van der Waals surface area contributed by atoms with Crippen LogP contribution in [0.25, 0.3) is 0 Å². The number of ether oxygens (including phenoxy) is 1. The first-order valence-electron chi connectivity index (χ1n) is 11.8. The number of nitrogens with zero attached hydrogens (tertiary/aromatic N) is 3. The maximum absolute atomic E-state index is 14.3. The molecule has 13 heteroatoms. The molecule has 1 saturated carbocycles. The number of carbonyl (C=O) groups excluding carboxylic acids is 2. The lowest BCUT2D eigenvalue weighted by Crippen LogP contribution is -2.55. The Balaban J connectivity index is 1.50. The first-order valence-corrected chi connectivity index (χ1v) is 11.8. The van der Waals surface area contributed by atoms with E-state index in [1.165, 1.54) is 12.1 Å². The van der Waals surface area contributed by atoms with Crippen molar-refractivity contribution in [1.29, 1.82) is 0 Å². The Labute approximate surface area is 209 Å². The number of rotatable bonds is 8. The lowest BCUT2D eigenvalue weighted by molar-refractivity contribution is -0.274. The maximum atomic E-state index is 14.3. The van der Waals surface area contributed by atoms with E-state index in [-0.39, 0.29) is 36.2 Å². The summed E-state index contributed by atoms with van der Waals surface area (Å²) in [4.78, 5) is 34.7. The van der Waals surface area contributed by atoms with Crippen LogP contribution in [-0.4, -0.2) is 58.1 Å². The number of pyridine rings is 2. The van der Waals surface area contributed by atoms with Crippen LogP contribution in [0.5, 0.6) is 5.75 Å². The van der Waals surface area contributed by atoms with Crippen LogP contribution < -0.4 is 15.4 Å². The van der Waals surface area contributed by atoms with Gasteiger partial charge in [0.2, 0.25) is 5.91 Å². The smallest absolute Gasteiger partial charge is 0.406 e. The number of halogens is 5. The van der Waals surface area contributed by atoms with Crippen LogP contribution >= 0.6 is 0 Å². The van der Waals surface area contributed by atoms with Crippen LogP contribution in [0.3, 0.4) is 0 Å². The molecular formula is C24H26F5N5O3. The van der Waals surface area contributed by atoms with Crippen LogP contribution in [-0.2, 0) is 4.79 Å². The normalized spacial score (nSPS) is 19.3. The fraction of sp³-hybridized carbons (Fsp3) is 0.500. The van der Waals surface area contributed by atoms with Gasteiger partial charge in [-0.15, -0.1) is 13.2 Å². The van der Waals surface area contributed by atoms with Gasteiger partial charge in [0.1, 0.15) is 23.1 Å². The van der Waals surface area contributed by atoms with Crippen LogP contribution in [0, 0.1) is 12.8 Å². The highest BCUT2D eigenvalue weighted by Gasteiger charge is 2.43. The molecule has 0 unspecified atom stereocenters. The van der Waals surface area contributed by atoms with Crippen molar-refractivity contribution in [3.05, 3.63) is 41.7 Å². The third-order valence-electron chi connectivity index (χ3n) is 6.17. The second kappa shape index (κ2) is 10.5. The van der Waals surface area contributed by atoms with E-state index in [0.29, 0.717) is 17.9 Å². The van der Waals surface area contributed by atoms with E-state index in [0.717, 1.165) is 36.1 Å². The molecule has 2 aromatic heterocycles. The fourth-order valence-electron chi connectivity index (χ4n) is 4.09. The van der Waals surface area contributed by atoms with Crippen molar-refractivity contribution in [3.63, 3.8) is 0 Å². The SMILES string of the molecule is Cc1ccc(Nc2cc(OC(F)(F)F)ccn2)nc1C(=O)N1CC(F)(F)CC[C@@H]1CNC(=O)CC1CC1. The van der Waals surface area contributed by atoms with Crippen molar-refractivity contribution < 1.29 is 36.3 Å². The number of aromatic nitrogens is 2. The highest BCUT2D eigenvalue weighted by molar-refractivity contribution is 5.94. The highest BCUT2D eigenvalue weighted by Crippen LogP contribution is 2.33. The molecule has 0 spiro atoms. The van der Waals surface area contributed by atoms with Gasteiger partial charge < -0.3 is 20.3 Å². The topological polar surface area (TPSA) is 96.4 Å². The van der Waals surface area contributed by atoms with Gasteiger partial charge in [-0.1, -0.05) is 6.07 Å². The molecule has 1 atom stereocenters. The molecule has 3 heterocycles. The Hall–Kier alpha value is -3.51. The zero-order chi connectivity index (χ0) is 26.8. The molecule has 2 aromatic rings. The Morgan fingerprint density at radius 3 is 2.62 bits per heavy atom. The van der Waals surface area contributed by atoms with E-state index < -0.39 is 42.9 Å². The van der Waals surface area contributed by atoms with Gasteiger partial charge >= 0.3 is 6.36 Å². The average molecular weight is 527 g/mol. The van der Waals surface area contributed by atoms with E-state index in [9.17, 15) is 31.5 Å². The molecule has 2 aliphatic rings. The minimum Gasteiger partial charge on any atom is -0.406 e. The van der Waals surface area contributed by atoms with E-state index in [4.69, 9.17) is 0 Å². The minimum atomic E-state index is -4.88. The summed E-state index contributed by atoms with van der Waals surface area (Å²) in [7, 11) is 0. The number of hydrogen-bond donors (Lipinski definition) is 2. The number of nitrogens with one attached hydrogen (secondary N) is 2. The van der Waals surface area contributed by atoms with Gasteiger partial charge in [-0.05, 0) is 49.8 Å². The van der Waals surface area contributed by atoms with E-state index in [1.54, 1.807) is 6.92 Å². The molecule has 1 aliphatic heterocycles. The summed E-state index contributed by atoms with van der Waals surface area (Å²) in [5.41, 5.74) is 0.322. The van der Waals surface area contributed by atoms with Gasteiger partial charge in [0.05, 0.1) is 6.54 Å². The lowest BCUT2D eigenvalue weighted by Gasteiger charge is -2.39. The van der Waals surface area contributed by atoms with Crippen LogP contribution in [0.4, 0.5) is 33.6 Å². The summed E-state index contributed by atoms with van der Waals surface area (Å²) < 4.78 is 70.0. The largest absolute Gasteiger partial charge is 0.573 e. The highest BCUT2D eigenvalue weighted by atomic mass is 19.4. The second-order valence-corrected chi connectivity index (χ2v) is 9.34. The van der Waals surface area contributed by atoms with Gasteiger partial charge in [-0.25, -0.2) is 18.7 Å². The molecule has 4 rings (SSSR count). The zero-order valence-electron chi connectivity index (χ0n) is 19.9. The summed E-state index contributed by atoms with van der Waals surface area (Å²) in [5.74, 6) is -4.08. The Morgan fingerprint density at radius 2 is 1.92 bits per heavy atom. The van der Waals surface area contributed by atoms with Crippen molar-refractivity contribution in [2.45, 2.75) is 57.4 Å². The molecular weight excluding hydrogens is 501 g/mol. The van der Waals surface area contributed by atoms with Crippen molar-refractivity contribution in [1.82, 2.24) is 20.2 Å². The van der Waals surface area contributed by atoms with E-state index >= 15 is 0 Å². The lowest BCUT2D eigenvalue weighted by atomic mass is 9.98. The number of likely N-dealkylation sites (tertiary alicyclic amines) is 1. The summed E-state index contributed by atoms with van der Waals surface area (Å²) in [6.07, 6.45) is -1.80. The van der Waals surface area contributed by atoms with Gasteiger partial charge in [-0.3, -0.25) is 9.59 Å². The molecule has 2 fully saturated rings. The molecule has 2 amide bonds. The Morgan fingerprint density at radius 1 is 1.16 bits per heavy atom. The van der Waals surface area contributed by atoms with E-state index in [2.05, 4.69) is 25.3 Å². The molecule has 37 heavy (non-hydrogen) atoms. The number of alkyl halides is 5. The van der Waals surface area contributed by atoms with E-state index in [1.807, 2.05) is 0 Å². The molecule has 2 N–H and O–H groups in total. The molecule has 200 valence electrons. The molecule has 8 nitrogen and oxygen atoms in total.